The first kappa shape index (κ1) is 43.3. The molecule has 0 radical (unpaired) electrons. The third-order valence-electron chi connectivity index (χ3n) is 12.8. The van der Waals surface area contributed by atoms with Gasteiger partial charge in [0.2, 0.25) is 23.6 Å². The van der Waals surface area contributed by atoms with E-state index in [1.54, 1.807) is 12.4 Å². The van der Waals surface area contributed by atoms with Crippen LogP contribution in [0.5, 0.6) is 5.75 Å². The Morgan fingerprint density at radius 1 is 0.828 bits per heavy atom. The van der Waals surface area contributed by atoms with Gasteiger partial charge in [-0.15, -0.1) is 0 Å². The molecule has 3 aromatic heterocycles. The number of piperazine rings is 2. The molecule has 4 aliphatic heterocycles. The van der Waals surface area contributed by atoms with E-state index in [2.05, 4.69) is 40.5 Å². The van der Waals surface area contributed by atoms with Crippen molar-refractivity contribution in [1.29, 1.82) is 0 Å². The minimum atomic E-state index is -0.417. The fourth-order valence-corrected chi connectivity index (χ4v) is 9.79. The summed E-state index contributed by atoms with van der Waals surface area (Å²) >= 11 is 12.7. The summed E-state index contributed by atoms with van der Waals surface area (Å²) in [5.74, 6) is 1.21. The third-order valence-corrected chi connectivity index (χ3v) is 13.4. The minimum absolute atomic E-state index is 0.0776. The number of pyridine rings is 2. The van der Waals surface area contributed by atoms with Crippen LogP contribution >= 0.6 is 23.2 Å². The molecule has 2 atom stereocenters. The van der Waals surface area contributed by atoms with Gasteiger partial charge in [0.15, 0.2) is 0 Å². The van der Waals surface area contributed by atoms with E-state index >= 15 is 0 Å². The number of ether oxygens (including phenoxy) is 1. The van der Waals surface area contributed by atoms with E-state index in [1.807, 2.05) is 77.5 Å². The molecular weight excluding hydrogens is 857 g/mol. The Balaban J connectivity index is 0.701. The molecule has 0 aliphatic carbocycles. The average molecular weight is 909 g/mol. The number of hydrogen-bond acceptors (Lipinski definition) is 12. The Hall–Kier alpha value is -5.97. The quantitative estimate of drug-likeness (QED) is 0.145. The topological polar surface area (TPSA) is 172 Å². The van der Waals surface area contributed by atoms with Crippen LogP contribution in [-0.4, -0.2) is 137 Å². The fourth-order valence-electron chi connectivity index (χ4n) is 9.12. The van der Waals surface area contributed by atoms with Crippen molar-refractivity contribution < 1.29 is 23.9 Å². The summed E-state index contributed by atoms with van der Waals surface area (Å²) in [7, 11) is 0. The van der Waals surface area contributed by atoms with E-state index in [-0.39, 0.29) is 29.5 Å². The predicted molar refractivity (Wildman–Crippen MR) is 246 cm³/mol. The van der Waals surface area contributed by atoms with E-state index in [4.69, 9.17) is 32.9 Å². The molecule has 0 bridgehead atoms. The number of aromatic amines is 1. The van der Waals surface area contributed by atoms with Gasteiger partial charge in [0.1, 0.15) is 29.4 Å². The lowest BCUT2D eigenvalue weighted by molar-refractivity contribution is -0.141. The molecule has 16 nitrogen and oxygen atoms in total. The van der Waals surface area contributed by atoms with E-state index < -0.39 is 12.1 Å². The van der Waals surface area contributed by atoms with Crippen molar-refractivity contribution >= 4 is 74.9 Å². The first-order valence-corrected chi connectivity index (χ1v) is 22.7. The summed E-state index contributed by atoms with van der Waals surface area (Å²) in [6.07, 6.45) is 6.70. The van der Waals surface area contributed by atoms with Crippen LogP contribution in [0, 0.1) is 5.92 Å². The Kier molecular flexibility index (Phi) is 12.9. The Morgan fingerprint density at radius 3 is 2.23 bits per heavy atom. The number of halogens is 2. The molecule has 7 heterocycles. The molecular formula is C46H51Cl2N11O5. The number of benzene rings is 2. The number of nitrogens with zero attached hydrogens (tertiary/aromatic N) is 8. The van der Waals surface area contributed by atoms with Crippen LogP contribution in [0.2, 0.25) is 10.0 Å². The molecule has 334 valence electrons. The average Bonchev–Trinajstić information content (AvgIpc) is 3.74. The standard InChI is InChI=1S/C46H51Cl2N11O5/c1-29(43-36(47)26-49-27-37(43)48)64-34-7-8-38-35(24-34)44(54-53-38)31-2-10-40(50-25-31)57-20-22-59(23-21-57)46(63)30-12-14-58(15-13-30)42(61)28-55-16-18-56(19-17-55)33-5-3-32(4-6-33)51-39-9-11-41(60)52-45(39)62/h2-8,10,24-27,29-30,39,51H,9,11-23,28H2,1H3,(H,53,54)(H,52,60,62)/t29-,39?/m1/s1. The number of carbonyl (C=O) groups is 4. The summed E-state index contributed by atoms with van der Waals surface area (Å²) in [5.41, 5.74) is 5.10. The van der Waals surface area contributed by atoms with Gasteiger partial charge in [0.25, 0.3) is 0 Å². The molecule has 4 aliphatic rings. The minimum Gasteiger partial charge on any atom is -0.486 e. The largest absolute Gasteiger partial charge is 0.486 e. The Bertz CT molecular complexity index is 2480. The number of piperidine rings is 2. The fraction of sp³-hybridized carbons (Fsp3) is 0.413. The van der Waals surface area contributed by atoms with E-state index in [0.29, 0.717) is 92.9 Å². The van der Waals surface area contributed by atoms with Crippen LogP contribution in [0.3, 0.4) is 0 Å². The lowest BCUT2D eigenvalue weighted by Crippen LogP contribution is -2.53. The van der Waals surface area contributed by atoms with Gasteiger partial charge in [0.05, 0.1) is 22.1 Å². The zero-order chi connectivity index (χ0) is 44.3. The number of amides is 4. The van der Waals surface area contributed by atoms with Crippen LogP contribution in [0.1, 0.15) is 44.3 Å². The summed E-state index contributed by atoms with van der Waals surface area (Å²) in [6.45, 7) is 9.25. The van der Waals surface area contributed by atoms with Gasteiger partial charge in [-0.05, 0) is 80.8 Å². The van der Waals surface area contributed by atoms with E-state index in [0.717, 1.165) is 65.5 Å². The molecule has 3 N–H and O–H groups in total. The van der Waals surface area contributed by atoms with Crippen LogP contribution < -0.4 is 25.2 Å². The smallest absolute Gasteiger partial charge is 0.249 e. The lowest BCUT2D eigenvalue weighted by atomic mass is 9.95. The molecule has 4 fully saturated rings. The number of hydrogen-bond donors (Lipinski definition) is 3. The van der Waals surface area contributed by atoms with E-state index in [9.17, 15) is 19.2 Å². The first-order valence-electron chi connectivity index (χ1n) is 22.0. The number of likely N-dealkylation sites (tertiary alicyclic amines) is 1. The summed E-state index contributed by atoms with van der Waals surface area (Å²) in [5, 5.41) is 15.1. The van der Waals surface area contributed by atoms with Gasteiger partial charge in [-0.3, -0.25) is 39.5 Å². The molecule has 18 heteroatoms. The number of aromatic nitrogens is 4. The van der Waals surface area contributed by atoms with Gasteiger partial charge >= 0.3 is 0 Å². The molecule has 0 saturated carbocycles. The number of anilines is 3. The van der Waals surface area contributed by atoms with Crippen molar-refractivity contribution in [2.75, 3.05) is 87.1 Å². The van der Waals surface area contributed by atoms with Crippen LogP contribution in [-0.2, 0) is 19.2 Å². The number of rotatable bonds is 11. The molecule has 1 unspecified atom stereocenters. The maximum Gasteiger partial charge on any atom is 0.249 e. The maximum absolute atomic E-state index is 13.6. The second-order valence-electron chi connectivity index (χ2n) is 16.9. The maximum atomic E-state index is 13.6. The van der Waals surface area contributed by atoms with Gasteiger partial charge in [-0.2, -0.15) is 5.10 Å². The highest BCUT2D eigenvalue weighted by atomic mass is 35.5. The molecule has 5 aromatic rings. The lowest BCUT2D eigenvalue weighted by Gasteiger charge is -2.40. The van der Waals surface area contributed by atoms with Gasteiger partial charge in [0, 0.05) is 124 Å². The summed E-state index contributed by atoms with van der Waals surface area (Å²) < 4.78 is 6.25. The van der Waals surface area contributed by atoms with Crippen molar-refractivity contribution in [3.63, 3.8) is 0 Å². The second kappa shape index (κ2) is 19.0. The van der Waals surface area contributed by atoms with E-state index in [1.165, 1.54) is 0 Å². The highest BCUT2D eigenvalue weighted by Gasteiger charge is 2.33. The number of carbonyl (C=O) groups excluding carboxylic acids is 4. The highest BCUT2D eigenvalue weighted by molar-refractivity contribution is 6.35. The molecule has 64 heavy (non-hydrogen) atoms. The second-order valence-corrected chi connectivity index (χ2v) is 17.7. The van der Waals surface area contributed by atoms with Gasteiger partial charge < -0.3 is 29.7 Å². The molecule has 4 saturated heterocycles. The van der Waals surface area contributed by atoms with Crippen LogP contribution in [0.4, 0.5) is 17.2 Å². The molecule has 0 spiro atoms. The Labute approximate surface area is 381 Å². The van der Waals surface area contributed by atoms with Crippen molar-refractivity contribution in [1.82, 2.24) is 40.2 Å². The number of H-pyrrole nitrogens is 1. The van der Waals surface area contributed by atoms with Crippen molar-refractivity contribution in [3.8, 4) is 17.0 Å². The van der Waals surface area contributed by atoms with Crippen LogP contribution in [0.15, 0.2) is 73.2 Å². The monoisotopic (exact) mass is 907 g/mol. The molecule has 9 rings (SSSR count). The number of imide groups is 1. The zero-order valence-corrected chi connectivity index (χ0v) is 37.2. The highest BCUT2D eigenvalue weighted by Crippen LogP contribution is 2.35. The number of nitrogens with one attached hydrogen (secondary N) is 3. The zero-order valence-electron chi connectivity index (χ0n) is 35.6. The molecule has 2 aromatic carbocycles. The normalized spacial score (nSPS) is 19.5. The van der Waals surface area contributed by atoms with Crippen molar-refractivity contribution in [2.24, 2.45) is 5.92 Å². The third kappa shape index (κ3) is 9.59. The van der Waals surface area contributed by atoms with Gasteiger partial charge in [-0.25, -0.2) is 4.98 Å². The number of fused-ring (bicyclic) bond motifs is 1. The van der Waals surface area contributed by atoms with Crippen LogP contribution in [0.25, 0.3) is 22.2 Å². The SMILES string of the molecule is C[C@@H](Oc1ccc2[nH]nc(-c3ccc(N4CCN(C(=O)C5CCN(C(=O)CN6CCN(c7ccc(NC8CCC(=O)NC8=O)cc7)CC6)CC5)CC4)nc3)c2c1)c1c(Cl)cncc1Cl. The van der Waals surface area contributed by atoms with Gasteiger partial charge in [-0.1, -0.05) is 23.2 Å². The summed E-state index contributed by atoms with van der Waals surface area (Å²) in [4.78, 5) is 70.0. The predicted octanol–water partition coefficient (Wildman–Crippen LogP) is 5.39. The van der Waals surface area contributed by atoms with Crippen molar-refractivity contribution in [2.45, 2.75) is 44.8 Å². The van der Waals surface area contributed by atoms with Crippen molar-refractivity contribution in [3.05, 3.63) is 88.8 Å². The molecule has 4 amide bonds. The first-order chi connectivity index (χ1) is 31.1. The summed E-state index contributed by atoms with van der Waals surface area (Å²) in [6, 6.07) is 17.3. The Morgan fingerprint density at radius 2 is 1.55 bits per heavy atom.